The predicted molar refractivity (Wildman–Crippen MR) is 131 cm³/mol. The summed E-state index contributed by atoms with van der Waals surface area (Å²) in [6, 6.07) is 3.53. The van der Waals surface area contributed by atoms with Crippen LogP contribution in [0.5, 0.6) is 11.5 Å². The highest BCUT2D eigenvalue weighted by Crippen LogP contribution is 2.32. The molecule has 0 aromatic heterocycles. The van der Waals surface area contributed by atoms with Crippen LogP contribution in [0.15, 0.2) is 18.2 Å². The summed E-state index contributed by atoms with van der Waals surface area (Å²) >= 11 is 0. The van der Waals surface area contributed by atoms with Crippen LogP contribution in [-0.2, 0) is 30.2 Å². The van der Waals surface area contributed by atoms with Gasteiger partial charge < -0.3 is 33.5 Å². The molecule has 0 heterocycles. The second-order valence-corrected chi connectivity index (χ2v) is 9.99. The van der Waals surface area contributed by atoms with E-state index in [9.17, 15) is 24.3 Å². The van der Waals surface area contributed by atoms with Crippen molar-refractivity contribution in [1.29, 1.82) is 0 Å². The van der Waals surface area contributed by atoms with Gasteiger partial charge in [-0.05, 0) is 80.0 Å². The van der Waals surface area contributed by atoms with E-state index in [0.29, 0.717) is 0 Å². The average molecular weight is 528 g/mol. The molecule has 0 unspecified atom stereocenters. The lowest BCUT2D eigenvalue weighted by molar-refractivity contribution is -0.169. The van der Waals surface area contributed by atoms with Crippen LogP contribution in [0.4, 0.5) is 14.4 Å². The number of benzene rings is 1. The Balaban J connectivity index is 3.43. The number of carboxylic acids is 1. The van der Waals surface area contributed by atoms with Gasteiger partial charge in [0.2, 0.25) is 0 Å². The Bertz CT molecular complexity index is 966. The first-order valence-corrected chi connectivity index (χ1v) is 11.8. The summed E-state index contributed by atoms with van der Waals surface area (Å²) in [7, 11) is 0. The minimum atomic E-state index is -2.24. The molecule has 0 aliphatic carbocycles. The van der Waals surface area contributed by atoms with E-state index in [1.807, 2.05) is 0 Å². The second kappa shape index (κ2) is 13.1. The van der Waals surface area contributed by atoms with Gasteiger partial charge in [0, 0.05) is 12.5 Å². The molecular formula is C25H37NO11. The minimum absolute atomic E-state index is 0.180. The Hall–Kier alpha value is -3.54. The Morgan fingerprint density at radius 3 is 1.76 bits per heavy atom. The first-order chi connectivity index (χ1) is 16.9. The summed E-state index contributed by atoms with van der Waals surface area (Å²) in [5, 5.41) is 12.8. The average Bonchev–Trinajstić information content (AvgIpc) is 2.66. The highest BCUT2D eigenvalue weighted by atomic mass is 16.8. The number of aliphatic carboxylic acids is 1. The SMILES string of the molecule is CC(C)N[C@@](Cc1ccc(OC(=O)OC(C)C)c(OC(=O)OC(C)C)c1)(OC(=O)OC(C)(C)C)C(=O)O. The third-order valence-electron chi connectivity index (χ3n) is 4.03. The summed E-state index contributed by atoms with van der Waals surface area (Å²) in [4.78, 5) is 49.0. The molecule has 0 saturated heterocycles. The third kappa shape index (κ3) is 11.4. The highest BCUT2D eigenvalue weighted by Gasteiger charge is 2.45. The zero-order valence-corrected chi connectivity index (χ0v) is 22.7. The summed E-state index contributed by atoms with van der Waals surface area (Å²) in [5.74, 6) is -1.92. The molecule has 0 amide bonds. The fourth-order valence-corrected chi connectivity index (χ4v) is 2.90. The molecule has 208 valence electrons. The summed E-state index contributed by atoms with van der Waals surface area (Å²) in [5.41, 5.74) is -2.93. The van der Waals surface area contributed by atoms with Crippen molar-refractivity contribution in [3.8, 4) is 11.5 Å². The van der Waals surface area contributed by atoms with Crippen molar-refractivity contribution in [2.75, 3.05) is 0 Å². The smallest absolute Gasteiger partial charge is 0.477 e. The molecule has 0 saturated carbocycles. The van der Waals surface area contributed by atoms with Crippen LogP contribution >= 0.6 is 0 Å². The van der Waals surface area contributed by atoms with Crippen molar-refractivity contribution in [1.82, 2.24) is 5.32 Å². The van der Waals surface area contributed by atoms with Gasteiger partial charge in [-0.2, -0.15) is 0 Å². The normalized spacial score (nSPS) is 13.1. The van der Waals surface area contributed by atoms with Gasteiger partial charge in [-0.1, -0.05) is 6.07 Å². The number of carbonyl (C=O) groups excluding carboxylic acids is 3. The van der Waals surface area contributed by atoms with Crippen molar-refractivity contribution in [2.24, 2.45) is 0 Å². The molecule has 12 heteroatoms. The molecule has 0 radical (unpaired) electrons. The highest BCUT2D eigenvalue weighted by molar-refractivity contribution is 5.80. The molecular weight excluding hydrogens is 490 g/mol. The van der Waals surface area contributed by atoms with Crippen molar-refractivity contribution in [3.05, 3.63) is 23.8 Å². The van der Waals surface area contributed by atoms with Crippen molar-refractivity contribution < 1.29 is 52.7 Å². The Kier molecular flexibility index (Phi) is 11.2. The van der Waals surface area contributed by atoms with Gasteiger partial charge in [-0.25, -0.2) is 19.2 Å². The second-order valence-electron chi connectivity index (χ2n) is 9.99. The molecule has 37 heavy (non-hydrogen) atoms. The van der Waals surface area contributed by atoms with Crippen LogP contribution < -0.4 is 14.8 Å². The number of rotatable bonds is 10. The van der Waals surface area contributed by atoms with Gasteiger partial charge in [0.25, 0.3) is 5.72 Å². The molecule has 1 aromatic rings. The largest absolute Gasteiger partial charge is 0.514 e. The van der Waals surface area contributed by atoms with Gasteiger partial charge in [0.1, 0.15) is 5.60 Å². The molecule has 1 atom stereocenters. The summed E-state index contributed by atoms with van der Waals surface area (Å²) < 4.78 is 30.7. The number of carboxylic acid groups (broad SMARTS) is 1. The van der Waals surface area contributed by atoms with Crippen LogP contribution in [0.1, 0.15) is 67.9 Å². The predicted octanol–water partition coefficient (Wildman–Crippen LogP) is 4.81. The van der Waals surface area contributed by atoms with Gasteiger partial charge in [-0.15, -0.1) is 0 Å². The molecule has 1 rings (SSSR count). The van der Waals surface area contributed by atoms with Crippen LogP contribution in [0.25, 0.3) is 0 Å². The molecule has 0 fully saturated rings. The fraction of sp³-hybridized carbons (Fsp3) is 0.600. The molecule has 0 bridgehead atoms. The molecule has 0 aliphatic rings. The first-order valence-electron chi connectivity index (χ1n) is 11.8. The number of hydrogen-bond donors (Lipinski definition) is 2. The number of hydrogen-bond acceptors (Lipinski definition) is 11. The van der Waals surface area contributed by atoms with E-state index in [4.69, 9.17) is 28.4 Å². The lowest BCUT2D eigenvalue weighted by Crippen LogP contribution is -2.59. The number of nitrogens with one attached hydrogen (secondary N) is 1. The number of carbonyl (C=O) groups is 4. The van der Waals surface area contributed by atoms with E-state index in [2.05, 4.69) is 5.32 Å². The van der Waals surface area contributed by atoms with Crippen LogP contribution in [0, 0.1) is 0 Å². The lowest BCUT2D eigenvalue weighted by atomic mass is 10.0. The molecule has 1 aromatic carbocycles. The fourth-order valence-electron chi connectivity index (χ4n) is 2.90. The maximum Gasteiger partial charge on any atom is 0.514 e. The van der Waals surface area contributed by atoms with Gasteiger partial charge in [0.05, 0.1) is 12.2 Å². The summed E-state index contributed by atoms with van der Waals surface area (Å²) in [6.07, 6.45) is -4.69. The van der Waals surface area contributed by atoms with Crippen molar-refractivity contribution in [2.45, 2.75) is 98.3 Å². The van der Waals surface area contributed by atoms with E-state index >= 15 is 0 Å². The Morgan fingerprint density at radius 1 is 0.811 bits per heavy atom. The maximum atomic E-state index is 12.4. The van der Waals surface area contributed by atoms with Gasteiger partial charge in [-0.3, -0.25) is 5.32 Å². The van der Waals surface area contributed by atoms with Crippen molar-refractivity contribution in [3.63, 3.8) is 0 Å². The van der Waals surface area contributed by atoms with E-state index in [0.717, 1.165) is 0 Å². The lowest BCUT2D eigenvalue weighted by Gasteiger charge is -2.33. The zero-order chi connectivity index (χ0) is 28.6. The molecule has 12 nitrogen and oxygen atoms in total. The Labute approximate surface area is 216 Å². The Morgan fingerprint density at radius 2 is 1.32 bits per heavy atom. The van der Waals surface area contributed by atoms with Gasteiger partial charge in [0.15, 0.2) is 11.5 Å². The van der Waals surface area contributed by atoms with Crippen LogP contribution in [0.2, 0.25) is 0 Å². The molecule has 2 N–H and O–H groups in total. The maximum absolute atomic E-state index is 12.4. The van der Waals surface area contributed by atoms with E-state index in [-0.39, 0.29) is 17.1 Å². The van der Waals surface area contributed by atoms with E-state index in [1.54, 1.807) is 62.3 Å². The van der Waals surface area contributed by atoms with Crippen LogP contribution in [0.3, 0.4) is 0 Å². The van der Waals surface area contributed by atoms with Crippen LogP contribution in [-0.4, -0.2) is 59.1 Å². The van der Waals surface area contributed by atoms with Crippen molar-refractivity contribution >= 4 is 24.4 Å². The first kappa shape index (κ1) is 31.5. The molecule has 0 aliphatic heterocycles. The van der Waals surface area contributed by atoms with E-state index < -0.39 is 60.4 Å². The van der Waals surface area contributed by atoms with Gasteiger partial charge >= 0.3 is 24.4 Å². The zero-order valence-electron chi connectivity index (χ0n) is 22.7. The standard InChI is InChI=1S/C25H37NO11/c1-14(2)26-25(20(27)28,37-23(31)36-24(7,8)9)13-17-10-11-18(34-21(29)32-15(3)4)19(12-17)35-22(30)33-16(5)6/h10-12,14-16,26H,13H2,1-9H3,(H,27,28)/t25-/m0/s1. The third-order valence-corrected chi connectivity index (χ3v) is 4.03. The van der Waals surface area contributed by atoms with E-state index in [1.165, 1.54) is 18.2 Å². The number of ether oxygens (including phenoxy) is 6. The topological polar surface area (TPSA) is 156 Å². The quantitative estimate of drug-likeness (QED) is 0.186. The summed E-state index contributed by atoms with van der Waals surface area (Å²) in [6.45, 7) is 14.6. The monoisotopic (exact) mass is 527 g/mol. The minimum Gasteiger partial charge on any atom is -0.477 e. The molecule has 0 spiro atoms.